The van der Waals surface area contributed by atoms with Crippen molar-refractivity contribution in [1.82, 2.24) is 4.98 Å². The van der Waals surface area contributed by atoms with Crippen LogP contribution < -0.4 is 0 Å². The van der Waals surface area contributed by atoms with Gasteiger partial charge in [0.05, 0.1) is 22.4 Å². The first-order valence-corrected chi connectivity index (χ1v) is 7.54. The van der Waals surface area contributed by atoms with Crippen LogP contribution in [0.2, 0.25) is 0 Å². The number of thiazole rings is 1. The third kappa shape index (κ3) is 2.92. The lowest BCUT2D eigenvalue weighted by Crippen LogP contribution is -2.40. The van der Waals surface area contributed by atoms with Gasteiger partial charge in [0, 0.05) is 17.2 Å². The standard InChI is InChI=1S/C14H23NO2S/c1-13(2,3)10-9-18-12(15-10)8-11(16)14(17)6-4-5-7-14/h9,11,16-17H,4-8H2,1-3H3. The van der Waals surface area contributed by atoms with E-state index in [-0.39, 0.29) is 5.41 Å². The van der Waals surface area contributed by atoms with Gasteiger partial charge in [0.1, 0.15) is 0 Å². The molecule has 102 valence electrons. The SMILES string of the molecule is CC(C)(C)c1csc(CC(O)C2(O)CCCC2)n1. The van der Waals surface area contributed by atoms with Gasteiger partial charge >= 0.3 is 0 Å². The molecule has 2 rings (SSSR count). The Bertz CT molecular complexity index is 402. The quantitative estimate of drug-likeness (QED) is 0.887. The van der Waals surface area contributed by atoms with Crippen LogP contribution in [-0.4, -0.2) is 26.9 Å². The second kappa shape index (κ2) is 4.91. The molecule has 3 nitrogen and oxygen atoms in total. The Balaban J connectivity index is 2.03. The second-order valence-corrected chi connectivity index (χ2v) is 7.35. The van der Waals surface area contributed by atoms with E-state index in [9.17, 15) is 10.2 Å². The second-order valence-electron chi connectivity index (χ2n) is 6.41. The largest absolute Gasteiger partial charge is 0.390 e. The van der Waals surface area contributed by atoms with E-state index in [1.54, 1.807) is 11.3 Å². The Hall–Kier alpha value is -0.450. The summed E-state index contributed by atoms with van der Waals surface area (Å²) in [4.78, 5) is 4.57. The maximum Gasteiger partial charge on any atom is 0.0955 e. The van der Waals surface area contributed by atoms with Crippen LogP contribution in [0.25, 0.3) is 0 Å². The highest BCUT2D eigenvalue weighted by atomic mass is 32.1. The van der Waals surface area contributed by atoms with Crippen LogP contribution in [0.4, 0.5) is 0 Å². The lowest BCUT2D eigenvalue weighted by molar-refractivity contribution is -0.0689. The van der Waals surface area contributed by atoms with Gasteiger partial charge in [0.25, 0.3) is 0 Å². The van der Waals surface area contributed by atoms with E-state index < -0.39 is 11.7 Å². The van der Waals surface area contributed by atoms with Crippen molar-refractivity contribution in [2.24, 2.45) is 0 Å². The zero-order valence-corrected chi connectivity index (χ0v) is 12.3. The highest BCUT2D eigenvalue weighted by Crippen LogP contribution is 2.34. The van der Waals surface area contributed by atoms with Crippen LogP contribution in [0.5, 0.6) is 0 Å². The van der Waals surface area contributed by atoms with E-state index in [1.165, 1.54) is 0 Å². The molecular weight excluding hydrogens is 246 g/mol. The van der Waals surface area contributed by atoms with Crippen LogP contribution in [0.3, 0.4) is 0 Å². The van der Waals surface area contributed by atoms with E-state index in [4.69, 9.17) is 0 Å². The van der Waals surface area contributed by atoms with Crippen LogP contribution in [0.1, 0.15) is 57.2 Å². The van der Waals surface area contributed by atoms with E-state index in [0.717, 1.165) is 23.5 Å². The van der Waals surface area contributed by atoms with Crippen molar-refractivity contribution in [3.8, 4) is 0 Å². The smallest absolute Gasteiger partial charge is 0.0955 e. The molecule has 4 heteroatoms. The van der Waals surface area contributed by atoms with Crippen molar-refractivity contribution in [2.75, 3.05) is 0 Å². The normalized spacial score (nSPS) is 21.2. The van der Waals surface area contributed by atoms with Crippen molar-refractivity contribution >= 4 is 11.3 Å². The number of rotatable bonds is 3. The lowest BCUT2D eigenvalue weighted by Gasteiger charge is -2.27. The maximum atomic E-state index is 10.3. The average Bonchev–Trinajstić information content (AvgIpc) is 2.86. The first kappa shape index (κ1) is 14.0. The molecule has 0 amide bonds. The summed E-state index contributed by atoms with van der Waals surface area (Å²) >= 11 is 1.58. The fourth-order valence-corrected chi connectivity index (χ4v) is 3.48. The minimum Gasteiger partial charge on any atom is -0.390 e. The Kier molecular flexibility index (Phi) is 3.81. The Morgan fingerprint density at radius 2 is 2.00 bits per heavy atom. The molecule has 18 heavy (non-hydrogen) atoms. The molecule has 1 aliphatic rings. The zero-order valence-electron chi connectivity index (χ0n) is 11.4. The van der Waals surface area contributed by atoms with Gasteiger partial charge in [0.2, 0.25) is 0 Å². The fraction of sp³-hybridized carbons (Fsp3) is 0.786. The summed E-state index contributed by atoms with van der Waals surface area (Å²) in [6.07, 6.45) is 3.24. The third-order valence-electron chi connectivity index (χ3n) is 3.78. The Morgan fingerprint density at radius 3 is 2.50 bits per heavy atom. The highest BCUT2D eigenvalue weighted by molar-refractivity contribution is 7.09. The van der Waals surface area contributed by atoms with Gasteiger partial charge in [-0.1, -0.05) is 33.6 Å². The van der Waals surface area contributed by atoms with Gasteiger partial charge in [-0.25, -0.2) is 4.98 Å². The summed E-state index contributed by atoms with van der Waals surface area (Å²) < 4.78 is 0. The van der Waals surface area contributed by atoms with Gasteiger partial charge in [0.15, 0.2) is 0 Å². The summed E-state index contributed by atoms with van der Waals surface area (Å²) in [7, 11) is 0. The summed E-state index contributed by atoms with van der Waals surface area (Å²) in [6.45, 7) is 6.40. The number of aromatic nitrogens is 1. The molecule has 0 radical (unpaired) electrons. The van der Waals surface area contributed by atoms with Crippen molar-refractivity contribution in [1.29, 1.82) is 0 Å². The van der Waals surface area contributed by atoms with Crippen molar-refractivity contribution in [3.63, 3.8) is 0 Å². The predicted molar refractivity (Wildman–Crippen MR) is 73.9 cm³/mol. The van der Waals surface area contributed by atoms with Gasteiger partial charge in [-0.2, -0.15) is 0 Å². The third-order valence-corrected chi connectivity index (χ3v) is 4.65. The molecule has 2 N–H and O–H groups in total. The minimum absolute atomic E-state index is 0.0456. The first-order chi connectivity index (χ1) is 8.31. The van der Waals surface area contributed by atoms with Crippen LogP contribution in [-0.2, 0) is 11.8 Å². The monoisotopic (exact) mass is 269 g/mol. The summed E-state index contributed by atoms with van der Waals surface area (Å²) in [6, 6.07) is 0. The van der Waals surface area contributed by atoms with Gasteiger partial charge in [-0.15, -0.1) is 11.3 Å². The molecule has 1 aromatic rings. The molecule has 1 heterocycles. The molecule has 0 spiro atoms. The molecule has 0 aliphatic heterocycles. The van der Waals surface area contributed by atoms with Gasteiger partial charge in [-0.05, 0) is 12.8 Å². The molecule has 0 saturated heterocycles. The fourth-order valence-electron chi connectivity index (χ4n) is 2.42. The number of aliphatic hydroxyl groups is 2. The van der Waals surface area contributed by atoms with Crippen molar-refractivity contribution < 1.29 is 10.2 Å². The molecule has 0 bridgehead atoms. The average molecular weight is 269 g/mol. The van der Waals surface area contributed by atoms with Crippen LogP contribution in [0, 0.1) is 0 Å². The molecular formula is C14H23NO2S. The minimum atomic E-state index is -0.881. The molecule has 1 unspecified atom stereocenters. The van der Waals surface area contributed by atoms with Crippen molar-refractivity contribution in [2.45, 2.75) is 70.0 Å². The Labute approximate surface area is 113 Å². The number of hydrogen-bond donors (Lipinski definition) is 2. The Morgan fingerprint density at radius 1 is 1.39 bits per heavy atom. The number of aliphatic hydroxyl groups excluding tert-OH is 1. The van der Waals surface area contributed by atoms with Gasteiger partial charge < -0.3 is 10.2 Å². The highest BCUT2D eigenvalue weighted by Gasteiger charge is 2.38. The molecule has 1 aliphatic carbocycles. The predicted octanol–water partition coefficient (Wildman–Crippen LogP) is 2.65. The number of hydrogen-bond acceptors (Lipinski definition) is 4. The summed E-state index contributed by atoms with van der Waals surface area (Å²) in [5, 5.41) is 23.5. The zero-order chi connectivity index (χ0) is 13.4. The van der Waals surface area contributed by atoms with E-state index in [1.807, 2.05) is 0 Å². The maximum absolute atomic E-state index is 10.3. The van der Waals surface area contributed by atoms with E-state index in [0.29, 0.717) is 19.3 Å². The molecule has 1 aromatic heterocycles. The van der Waals surface area contributed by atoms with E-state index >= 15 is 0 Å². The van der Waals surface area contributed by atoms with Gasteiger partial charge in [-0.3, -0.25) is 0 Å². The number of nitrogens with zero attached hydrogens (tertiary/aromatic N) is 1. The van der Waals surface area contributed by atoms with Crippen LogP contribution >= 0.6 is 11.3 Å². The molecule has 1 saturated carbocycles. The van der Waals surface area contributed by atoms with Crippen molar-refractivity contribution in [3.05, 3.63) is 16.1 Å². The first-order valence-electron chi connectivity index (χ1n) is 6.67. The van der Waals surface area contributed by atoms with Crippen LogP contribution in [0.15, 0.2) is 5.38 Å². The summed E-state index contributed by atoms with van der Waals surface area (Å²) in [5.74, 6) is 0. The summed E-state index contributed by atoms with van der Waals surface area (Å²) in [5.41, 5.74) is 0.227. The topological polar surface area (TPSA) is 53.4 Å². The van der Waals surface area contributed by atoms with E-state index in [2.05, 4.69) is 31.1 Å². The molecule has 0 aromatic carbocycles. The molecule has 1 fully saturated rings. The molecule has 1 atom stereocenters. The lowest BCUT2D eigenvalue weighted by atomic mass is 9.92.